The van der Waals surface area contributed by atoms with Crippen molar-refractivity contribution in [3.63, 3.8) is 0 Å². The largest absolute Gasteiger partial charge is 0.423 e. The molecular weight excluding hydrogens is 328 g/mol. The third-order valence-electron chi connectivity index (χ3n) is 3.42. The summed E-state index contributed by atoms with van der Waals surface area (Å²) in [5.74, 6) is 0. The topological polar surface area (TPSA) is 84.6 Å². The molecule has 24 heavy (non-hydrogen) atoms. The van der Waals surface area contributed by atoms with Gasteiger partial charge in [0.2, 0.25) is 0 Å². The van der Waals surface area contributed by atoms with Gasteiger partial charge in [-0.3, -0.25) is 4.55 Å². The SMILES string of the molecule is Cc1ccc(S(=O)(=O)O)cc1.Cc1ccc2oc(=O)cc(C)c2c1. The lowest BCUT2D eigenvalue weighted by atomic mass is 10.1. The summed E-state index contributed by atoms with van der Waals surface area (Å²) in [6.45, 7) is 5.77. The first-order valence-electron chi connectivity index (χ1n) is 7.22. The number of hydrogen-bond donors (Lipinski definition) is 1. The Morgan fingerprint density at radius 3 is 2.04 bits per heavy atom. The maximum absolute atomic E-state index is 11.0. The predicted molar refractivity (Wildman–Crippen MR) is 93.0 cm³/mol. The lowest BCUT2D eigenvalue weighted by molar-refractivity contribution is 0.483. The minimum atomic E-state index is -4.02. The van der Waals surface area contributed by atoms with Crippen LogP contribution in [0.15, 0.2) is 62.6 Å². The fraction of sp³-hybridized carbons (Fsp3) is 0.167. The van der Waals surface area contributed by atoms with Gasteiger partial charge in [-0.1, -0.05) is 29.3 Å². The molecule has 0 aliphatic carbocycles. The van der Waals surface area contributed by atoms with E-state index in [1.165, 1.54) is 23.8 Å². The van der Waals surface area contributed by atoms with E-state index in [9.17, 15) is 13.2 Å². The molecule has 0 fully saturated rings. The van der Waals surface area contributed by atoms with Crippen LogP contribution in [0.25, 0.3) is 11.0 Å². The van der Waals surface area contributed by atoms with Gasteiger partial charge < -0.3 is 4.42 Å². The Hall–Kier alpha value is -2.44. The maximum atomic E-state index is 11.0. The summed E-state index contributed by atoms with van der Waals surface area (Å²) in [4.78, 5) is 11.0. The molecule has 0 saturated heterocycles. The van der Waals surface area contributed by atoms with Crippen LogP contribution < -0.4 is 5.63 Å². The molecule has 0 amide bonds. The maximum Gasteiger partial charge on any atom is 0.336 e. The highest BCUT2D eigenvalue weighted by molar-refractivity contribution is 7.85. The molecular formula is C18H18O5S. The normalized spacial score (nSPS) is 11.0. The number of fused-ring (bicyclic) bond motifs is 1. The van der Waals surface area contributed by atoms with Crippen molar-refractivity contribution >= 4 is 21.1 Å². The van der Waals surface area contributed by atoms with Crippen molar-refractivity contribution in [3.05, 3.63) is 75.6 Å². The number of rotatable bonds is 1. The van der Waals surface area contributed by atoms with E-state index in [0.29, 0.717) is 5.58 Å². The molecule has 0 spiro atoms. The van der Waals surface area contributed by atoms with E-state index >= 15 is 0 Å². The molecule has 3 aromatic rings. The van der Waals surface area contributed by atoms with E-state index < -0.39 is 10.1 Å². The van der Waals surface area contributed by atoms with Gasteiger partial charge in [0.15, 0.2) is 0 Å². The van der Waals surface area contributed by atoms with Crippen molar-refractivity contribution in [3.8, 4) is 0 Å². The second kappa shape index (κ2) is 6.98. The Kier molecular flexibility index (Phi) is 5.21. The molecule has 0 radical (unpaired) electrons. The van der Waals surface area contributed by atoms with E-state index in [1.54, 1.807) is 12.1 Å². The Bertz CT molecular complexity index is 1020. The summed E-state index contributed by atoms with van der Waals surface area (Å²) in [6.07, 6.45) is 0. The van der Waals surface area contributed by atoms with Gasteiger partial charge in [0, 0.05) is 11.5 Å². The van der Waals surface area contributed by atoms with Crippen LogP contribution in [0.4, 0.5) is 0 Å². The number of hydrogen-bond acceptors (Lipinski definition) is 4. The lowest BCUT2D eigenvalue weighted by Crippen LogP contribution is -1.97. The third kappa shape index (κ3) is 4.53. The Morgan fingerprint density at radius 1 is 0.875 bits per heavy atom. The average Bonchev–Trinajstić information content (AvgIpc) is 2.48. The van der Waals surface area contributed by atoms with E-state index in [-0.39, 0.29) is 10.5 Å². The van der Waals surface area contributed by atoms with Gasteiger partial charge in [-0.05, 0) is 50.6 Å². The van der Waals surface area contributed by atoms with Crippen LogP contribution in [0.2, 0.25) is 0 Å². The minimum absolute atomic E-state index is 0.0666. The molecule has 0 saturated carbocycles. The van der Waals surface area contributed by atoms with Crippen molar-refractivity contribution in [2.24, 2.45) is 0 Å². The monoisotopic (exact) mass is 346 g/mol. The average molecular weight is 346 g/mol. The van der Waals surface area contributed by atoms with Crippen LogP contribution >= 0.6 is 0 Å². The highest BCUT2D eigenvalue weighted by Gasteiger charge is 2.06. The van der Waals surface area contributed by atoms with Gasteiger partial charge in [0.05, 0.1) is 4.90 Å². The van der Waals surface area contributed by atoms with Crippen molar-refractivity contribution in [2.45, 2.75) is 25.7 Å². The highest BCUT2D eigenvalue weighted by atomic mass is 32.2. The van der Waals surface area contributed by atoms with Crippen LogP contribution in [0.1, 0.15) is 16.7 Å². The van der Waals surface area contributed by atoms with Crippen LogP contribution in [0, 0.1) is 20.8 Å². The Balaban J connectivity index is 0.000000177. The molecule has 0 atom stereocenters. The smallest absolute Gasteiger partial charge is 0.336 e. The molecule has 6 heteroatoms. The first-order valence-corrected chi connectivity index (χ1v) is 8.66. The van der Waals surface area contributed by atoms with Crippen LogP contribution in [0.5, 0.6) is 0 Å². The number of aryl methyl sites for hydroxylation is 3. The van der Waals surface area contributed by atoms with Crippen molar-refractivity contribution in [1.82, 2.24) is 0 Å². The van der Waals surface area contributed by atoms with Crippen molar-refractivity contribution in [2.75, 3.05) is 0 Å². The van der Waals surface area contributed by atoms with Crippen LogP contribution in [-0.4, -0.2) is 13.0 Å². The van der Waals surface area contributed by atoms with Crippen LogP contribution in [0.3, 0.4) is 0 Å². The molecule has 0 aliphatic rings. The van der Waals surface area contributed by atoms with Gasteiger partial charge in [-0.25, -0.2) is 4.79 Å². The first kappa shape index (κ1) is 17.9. The fourth-order valence-corrected chi connectivity index (χ4v) is 2.62. The Morgan fingerprint density at radius 2 is 1.46 bits per heavy atom. The minimum Gasteiger partial charge on any atom is -0.423 e. The molecule has 2 aromatic carbocycles. The summed E-state index contributed by atoms with van der Waals surface area (Å²) in [6, 6.07) is 13.3. The van der Waals surface area contributed by atoms with Crippen molar-refractivity contribution < 1.29 is 17.4 Å². The molecule has 5 nitrogen and oxygen atoms in total. The molecule has 1 N–H and O–H groups in total. The van der Waals surface area contributed by atoms with Crippen LogP contribution in [-0.2, 0) is 10.1 Å². The Labute approximate surface area is 140 Å². The second-order valence-corrected chi connectivity index (χ2v) is 6.96. The second-order valence-electron chi connectivity index (χ2n) is 5.54. The molecule has 0 bridgehead atoms. The molecule has 0 unspecified atom stereocenters. The summed E-state index contributed by atoms with van der Waals surface area (Å²) in [5, 5.41) is 1.01. The third-order valence-corrected chi connectivity index (χ3v) is 4.29. The summed E-state index contributed by atoms with van der Waals surface area (Å²) < 4.78 is 34.6. The zero-order valence-corrected chi connectivity index (χ0v) is 14.4. The molecule has 0 aliphatic heterocycles. The number of benzene rings is 2. The van der Waals surface area contributed by atoms with Gasteiger partial charge in [0.1, 0.15) is 5.58 Å². The quantitative estimate of drug-likeness (QED) is 0.537. The van der Waals surface area contributed by atoms with E-state index in [2.05, 4.69) is 0 Å². The van der Waals surface area contributed by atoms with Gasteiger partial charge in [0.25, 0.3) is 10.1 Å². The fourth-order valence-electron chi connectivity index (χ4n) is 2.14. The highest BCUT2D eigenvalue weighted by Crippen LogP contribution is 2.17. The molecule has 1 heterocycles. The lowest BCUT2D eigenvalue weighted by Gasteiger charge is -2.00. The molecule has 3 rings (SSSR count). The van der Waals surface area contributed by atoms with Gasteiger partial charge >= 0.3 is 5.63 Å². The molecule has 126 valence electrons. The van der Waals surface area contributed by atoms with Gasteiger partial charge in [-0.15, -0.1) is 0 Å². The van der Waals surface area contributed by atoms with Crippen molar-refractivity contribution in [1.29, 1.82) is 0 Å². The van der Waals surface area contributed by atoms with E-state index in [4.69, 9.17) is 8.97 Å². The first-order chi connectivity index (χ1) is 11.2. The zero-order valence-electron chi connectivity index (χ0n) is 13.6. The zero-order chi connectivity index (χ0) is 17.9. The van der Waals surface area contributed by atoms with Gasteiger partial charge in [-0.2, -0.15) is 8.42 Å². The standard InChI is InChI=1S/C11H10O2.C7H8O3S/c1-7-3-4-10-9(5-7)8(2)6-11(12)13-10;1-6-2-4-7(5-3-6)11(8,9)10/h3-6H,1-2H3;2-5H,1H3,(H,8,9,10). The van der Waals surface area contributed by atoms with E-state index in [1.807, 2.05) is 39.0 Å². The molecule has 1 aromatic heterocycles. The summed E-state index contributed by atoms with van der Waals surface area (Å²) >= 11 is 0. The summed E-state index contributed by atoms with van der Waals surface area (Å²) in [5.41, 5.74) is 3.47. The summed E-state index contributed by atoms with van der Waals surface area (Å²) in [7, 11) is -4.02. The van der Waals surface area contributed by atoms with E-state index in [0.717, 1.165) is 16.5 Å². The predicted octanol–water partition coefficient (Wildman–Crippen LogP) is 3.65.